The molecule has 8 heteroatoms. The normalized spacial score (nSPS) is 16.7. The Balaban J connectivity index is 1.16. The Morgan fingerprint density at radius 3 is 2.46 bits per heavy atom. The Labute approximate surface area is 269 Å². The molecule has 6 rings (SSSR count). The van der Waals surface area contributed by atoms with Crippen LogP contribution in [0.15, 0.2) is 102 Å². The first kappa shape index (κ1) is 31.2. The second kappa shape index (κ2) is 13.7. The number of likely N-dealkylation sites (tertiary alicyclic amines) is 1. The van der Waals surface area contributed by atoms with E-state index in [-0.39, 0.29) is 24.7 Å². The number of carbonyl (C=O) groups is 1. The highest BCUT2D eigenvalue weighted by Crippen LogP contribution is 2.35. The van der Waals surface area contributed by atoms with Gasteiger partial charge in [0.25, 0.3) is 0 Å². The number of ether oxygens (including phenoxy) is 4. The lowest BCUT2D eigenvalue weighted by Crippen LogP contribution is -2.48. The average Bonchev–Trinajstić information content (AvgIpc) is 3.55. The molecule has 0 radical (unpaired) electrons. The fraction of sp³-hybridized carbons (Fsp3) is 0.316. The summed E-state index contributed by atoms with van der Waals surface area (Å²) in [5.41, 5.74) is 3.28. The number of benzene rings is 4. The van der Waals surface area contributed by atoms with Crippen molar-refractivity contribution in [2.24, 2.45) is 0 Å². The molecule has 1 aliphatic heterocycles. The highest BCUT2D eigenvalue weighted by Gasteiger charge is 2.35. The van der Waals surface area contributed by atoms with E-state index in [9.17, 15) is 4.79 Å². The van der Waals surface area contributed by atoms with Gasteiger partial charge in [0.1, 0.15) is 29.4 Å². The van der Waals surface area contributed by atoms with E-state index in [1.165, 1.54) is 0 Å². The van der Waals surface area contributed by atoms with Crippen LogP contribution in [0.25, 0.3) is 22.0 Å². The summed E-state index contributed by atoms with van der Waals surface area (Å²) in [4.78, 5) is 14.8. The lowest BCUT2D eigenvalue weighted by atomic mass is 9.87. The number of methoxy groups -OCH3 is 1. The van der Waals surface area contributed by atoms with E-state index in [1.807, 2.05) is 87.5 Å². The SMILES string of the molecule is COc1c(COC2CN(C(=O)OC(C)(C)C)CCC2c2ccc(OCc3cc(-c4ccccc4)no3)cc2)ccc2ccccc12. The van der Waals surface area contributed by atoms with E-state index < -0.39 is 5.60 Å². The Bertz CT molecular complexity index is 1760. The van der Waals surface area contributed by atoms with Crippen LogP contribution < -0.4 is 9.47 Å². The Morgan fingerprint density at radius 2 is 1.70 bits per heavy atom. The maximum Gasteiger partial charge on any atom is 0.410 e. The molecule has 0 aliphatic carbocycles. The van der Waals surface area contributed by atoms with Crippen molar-refractivity contribution in [2.75, 3.05) is 20.2 Å². The number of rotatable bonds is 9. The molecule has 0 N–H and O–H groups in total. The molecule has 1 amide bonds. The van der Waals surface area contributed by atoms with Crippen LogP contribution in [0.3, 0.4) is 0 Å². The maximum absolute atomic E-state index is 13.0. The van der Waals surface area contributed by atoms with Gasteiger partial charge >= 0.3 is 6.09 Å². The number of fused-ring (bicyclic) bond motifs is 1. The van der Waals surface area contributed by atoms with Crippen LogP contribution in [0.4, 0.5) is 4.79 Å². The van der Waals surface area contributed by atoms with Crippen LogP contribution in [0.2, 0.25) is 0 Å². The molecule has 1 aliphatic rings. The lowest BCUT2D eigenvalue weighted by molar-refractivity contribution is -0.0363. The van der Waals surface area contributed by atoms with Crippen molar-refractivity contribution in [2.45, 2.75) is 58.0 Å². The van der Waals surface area contributed by atoms with Crippen LogP contribution in [-0.4, -0.2) is 48.1 Å². The molecule has 46 heavy (non-hydrogen) atoms. The monoisotopic (exact) mass is 620 g/mol. The molecule has 1 aromatic heterocycles. The summed E-state index contributed by atoms with van der Waals surface area (Å²) >= 11 is 0. The zero-order valence-corrected chi connectivity index (χ0v) is 26.8. The molecule has 5 aromatic rings. The Morgan fingerprint density at radius 1 is 0.935 bits per heavy atom. The molecular weight excluding hydrogens is 580 g/mol. The molecule has 238 valence electrons. The van der Waals surface area contributed by atoms with E-state index in [2.05, 4.69) is 35.5 Å². The summed E-state index contributed by atoms with van der Waals surface area (Å²) in [6.45, 7) is 7.26. The van der Waals surface area contributed by atoms with Crippen molar-refractivity contribution in [1.82, 2.24) is 10.1 Å². The third-order valence-corrected chi connectivity index (χ3v) is 8.15. The fourth-order valence-electron chi connectivity index (χ4n) is 5.89. The van der Waals surface area contributed by atoms with E-state index in [1.54, 1.807) is 12.0 Å². The van der Waals surface area contributed by atoms with Gasteiger partial charge in [0.05, 0.1) is 26.4 Å². The fourth-order valence-corrected chi connectivity index (χ4v) is 5.89. The molecule has 0 bridgehead atoms. The minimum atomic E-state index is -0.576. The van der Waals surface area contributed by atoms with Crippen molar-refractivity contribution >= 4 is 16.9 Å². The van der Waals surface area contributed by atoms with Gasteiger partial charge in [-0.1, -0.05) is 84.0 Å². The molecule has 0 spiro atoms. The number of carbonyl (C=O) groups excluding carboxylic acids is 1. The van der Waals surface area contributed by atoms with E-state index in [0.29, 0.717) is 25.5 Å². The van der Waals surface area contributed by atoms with Crippen molar-refractivity contribution < 1.29 is 28.3 Å². The molecular formula is C38H40N2O6. The van der Waals surface area contributed by atoms with E-state index >= 15 is 0 Å². The molecule has 2 unspecified atom stereocenters. The third-order valence-electron chi connectivity index (χ3n) is 8.15. The van der Waals surface area contributed by atoms with Gasteiger partial charge in [-0.3, -0.25) is 0 Å². The first-order valence-corrected chi connectivity index (χ1v) is 15.7. The van der Waals surface area contributed by atoms with Crippen LogP contribution in [0.5, 0.6) is 11.5 Å². The number of piperidine rings is 1. The molecule has 4 aromatic carbocycles. The lowest BCUT2D eigenvalue weighted by Gasteiger charge is -2.39. The summed E-state index contributed by atoms with van der Waals surface area (Å²) in [6.07, 6.45) is 0.156. The zero-order valence-electron chi connectivity index (χ0n) is 26.8. The van der Waals surface area contributed by atoms with Gasteiger partial charge < -0.3 is 28.4 Å². The van der Waals surface area contributed by atoms with Crippen LogP contribution in [0.1, 0.15) is 50.0 Å². The first-order valence-electron chi connectivity index (χ1n) is 15.7. The summed E-state index contributed by atoms with van der Waals surface area (Å²) in [5.74, 6) is 2.25. The van der Waals surface area contributed by atoms with E-state index in [0.717, 1.165) is 51.1 Å². The minimum Gasteiger partial charge on any atom is -0.496 e. The van der Waals surface area contributed by atoms with Gasteiger partial charge in [-0.05, 0) is 50.3 Å². The first-order chi connectivity index (χ1) is 22.3. The van der Waals surface area contributed by atoms with Gasteiger partial charge in [-0.25, -0.2) is 4.79 Å². The number of aromatic nitrogens is 1. The molecule has 0 saturated carbocycles. The molecule has 8 nitrogen and oxygen atoms in total. The summed E-state index contributed by atoms with van der Waals surface area (Å²) in [6, 6.07) is 32.2. The summed E-state index contributed by atoms with van der Waals surface area (Å²) in [7, 11) is 1.69. The van der Waals surface area contributed by atoms with Crippen LogP contribution >= 0.6 is 0 Å². The van der Waals surface area contributed by atoms with Crippen molar-refractivity contribution in [3.05, 3.63) is 114 Å². The van der Waals surface area contributed by atoms with Gasteiger partial charge in [-0.15, -0.1) is 0 Å². The topological polar surface area (TPSA) is 83.3 Å². The molecule has 1 saturated heterocycles. The van der Waals surface area contributed by atoms with Gasteiger partial charge in [0.2, 0.25) is 0 Å². The molecule has 2 heterocycles. The summed E-state index contributed by atoms with van der Waals surface area (Å²) < 4.78 is 29.7. The highest BCUT2D eigenvalue weighted by atomic mass is 16.6. The van der Waals surface area contributed by atoms with Gasteiger partial charge in [0.15, 0.2) is 5.76 Å². The third kappa shape index (κ3) is 7.35. The predicted molar refractivity (Wildman–Crippen MR) is 177 cm³/mol. The Hall–Kier alpha value is -4.82. The second-order valence-electron chi connectivity index (χ2n) is 12.6. The number of nitrogens with zero attached hydrogens (tertiary/aromatic N) is 2. The second-order valence-corrected chi connectivity index (χ2v) is 12.6. The zero-order chi connectivity index (χ0) is 32.1. The van der Waals surface area contributed by atoms with Crippen molar-refractivity contribution in [1.29, 1.82) is 0 Å². The quantitative estimate of drug-likeness (QED) is 0.164. The van der Waals surface area contributed by atoms with Crippen LogP contribution in [0, 0.1) is 0 Å². The maximum atomic E-state index is 13.0. The largest absolute Gasteiger partial charge is 0.496 e. The number of amides is 1. The average molecular weight is 621 g/mol. The molecule has 1 fully saturated rings. The standard InChI is InChI=1S/C38H40N2O6/c1-38(2,3)45-37(41)40-21-20-32(35(23-40)44-24-29-15-14-26-10-8-9-13-33(26)36(29)42-4)27-16-18-30(19-17-27)43-25-31-22-34(39-46-31)28-11-6-5-7-12-28/h5-19,22,32,35H,20-21,23-25H2,1-4H3. The van der Waals surface area contributed by atoms with Crippen molar-refractivity contribution in [3.8, 4) is 22.8 Å². The predicted octanol–water partition coefficient (Wildman–Crippen LogP) is 8.39. The van der Waals surface area contributed by atoms with E-state index in [4.69, 9.17) is 23.5 Å². The number of hydrogen-bond donors (Lipinski definition) is 0. The summed E-state index contributed by atoms with van der Waals surface area (Å²) in [5, 5.41) is 6.32. The van der Waals surface area contributed by atoms with Crippen LogP contribution in [-0.2, 0) is 22.7 Å². The molecule has 2 atom stereocenters. The highest BCUT2D eigenvalue weighted by molar-refractivity contribution is 5.89. The van der Waals surface area contributed by atoms with Gasteiger partial charge in [0, 0.05) is 35.0 Å². The number of hydrogen-bond acceptors (Lipinski definition) is 7. The minimum absolute atomic E-state index is 0.0712. The Kier molecular flexibility index (Phi) is 9.26. The van der Waals surface area contributed by atoms with Gasteiger partial charge in [-0.2, -0.15) is 0 Å². The smallest absolute Gasteiger partial charge is 0.410 e. The van der Waals surface area contributed by atoms with Crippen molar-refractivity contribution in [3.63, 3.8) is 0 Å².